The minimum atomic E-state index is -0.0197. The van der Waals surface area contributed by atoms with E-state index in [2.05, 4.69) is 15.9 Å². The molecule has 0 aromatic heterocycles. The van der Waals surface area contributed by atoms with Crippen LogP contribution < -0.4 is 10.5 Å². The third-order valence-electron chi connectivity index (χ3n) is 2.53. The molecule has 2 aromatic rings. The van der Waals surface area contributed by atoms with Crippen molar-refractivity contribution in [3.05, 3.63) is 57.5 Å². The van der Waals surface area contributed by atoms with E-state index in [9.17, 15) is 0 Å². The molecule has 1 atom stereocenters. The number of hydrogen-bond acceptors (Lipinski definition) is 2. The Hall–Kier alpha value is -1.03. The summed E-state index contributed by atoms with van der Waals surface area (Å²) in [4.78, 5) is 0. The zero-order valence-corrected chi connectivity index (χ0v) is 12.2. The number of rotatable bonds is 3. The molecular weight excluding hydrogens is 314 g/mol. The van der Waals surface area contributed by atoms with Crippen molar-refractivity contribution < 1.29 is 4.74 Å². The van der Waals surface area contributed by atoms with Gasteiger partial charge in [0.25, 0.3) is 0 Å². The average Bonchev–Trinajstić information content (AvgIpc) is 2.32. The van der Waals surface area contributed by atoms with Crippen molar-refractivity contribution in [1.29, 1.82) is 0 Å². The summed E-state index contributed by atoms with van der Waals surface area (Å²) in [5, 5.41) is 0.588. The Labute approximate surface area is 120 Å². The molecule has 0 amide bonds. The molecule has 0 aliphatic carbocycles. The van der Waals surface area contributed by atoms with E-state index in [0.29, 0.717) is 10.8 Å². The normalized spacial score (nSPS) is 12.2. The lowest BCUT2D eigenvalue weighted by atomic mass is 10.1. The minimum Gasteiger partial charge on any atom is -0.456 e. The maximum atomic E-state index is 6.04. The smallest absolute Gasteiger partial charge is 0.146 e. The highest BCUT2D eigenvalue weighted by Gasteiger charge is 2.07. The van der Waals surface area contributed by atoms with Crippen LogP contribution in [0.15, 0.2) is 46.9 Å². The third-order valence-corrected chi connectivity index (χ3v) is 3.53. The SMILES string of the molecule is C[C@@H](N)c1ccc(Oc2ccccc2Cl)cc1Br. The number of hydrogen-bond donors (Lipinski definition) is 1. The third kappa shape index (κ3) is 3.05. The minimum absolute atomic E-state index is 0.0197. The van der Waals surface area contributed by atoms with E-state index in [4.69, 9.17) is 22.1 Å². The largest absolute Gasteiger partial charge is 0.456 e. The highest BCUT2D eigenvalue weighted by Crippen LogP contribution is 2.32. The van der Waals surface area contributed by atoms with Crippen LogP contribution in [0.4, 0.5) is 0 Å². The van der Waals surface area contributed by atoms with Crippen LogP contribution in [0.25, 0.3) is 0 Å². The molecule has 0 unspecified atom stereocenters. The van der Waals surface area contributed by atoms with Crippen molar-refractivity contribution >= 4 is 27.5 Å². The van der Waals surface area contributed by atoms with E-state index in [1.54, 1.807) is 6.07 Å². The monoisotopic (exact) mass is 325 g/mol. The van der Waals surface area contributed by atoms with Crippen LogP contribution >= 0.6 is 27.5 Å². The van der Waals surface area contributed by atoms with Gasteiger partial charge < -0.3 is 10.5 Å². The molecule has 0 aliphatic rings. The number of halogens is 2. The molecule has 0 saturated heterocycles. The second-order valence-electron chi connectivity index (χ2n) is 4.00. The van der Waals surface area contributed by atoms with Crippen LogP contribution in [0.3, 0.4) is 0 Å². The van der Waals surface area contributed by atoms with Crippen LogP contribution in [0.1, 0.15) is 18.5 Å². The topological polar surface area (TPSA) is 35.2 Å². The summed E-state index contributed by atoms with van der Waals surface area (Å²) in [7, 11) is 0. The van der Waals surface area contributed by atoms with Gasteiger partial charge in [-0.05, 0) is 36.8 Å². The van der Waals surface area contributed by atoms with Gasteiger partial charge >= 0.3 is 0 Å². The first-order chi connectivity index (χ1) is 8.58. The molecule has 0 radical (unpaired) electrons. The molecule has 0 bridgehead atoms. The zero-order chi connectivity index (χ0) is 13.1. The van der Waals surface area contributed by atoms with Crippen molar-refractivity contribution in [2.24, 2.45) is 5.73 Å². The van der Waals surface area contributed by atoms with Gasteiger partial charge in [0.05, 0.1) is 5.02 Å². The number of para-hydroxylation sites is 1. The van der Waals surface area contributed by atoms with Crippen molar-refractivity contribution in [3.63, 3.8) is 0 Å². The Morgan fingerprint density at radius 1 is 1.22 bits per heavy atom. The Morgan fingerprint density at radius 3 is 2.56 bits per heavy atom. The number of benzene rings is 2. The van der Waals surface area contributed by atoms with Gasteiger partial charge in [-0.2, -0.15) is 0 Å². The van der Waals surface area contributed by atoms with Crippen molar-refractivity contribution in [1.82, 2.24) is 0 Å². The average molecular weight is 327 g/mol. The van der Waals surface area contributed by atoms with Crippen LogP contribution in [0.5, 0.6) is 11.5 Å². The fraction of sp³-hybridized carbons (Fsp3) is 0.143. The van der Waals surface area contributed by atoms with Gasteiger partial charge in [0.1, 0.15) is 11.5 Å². The molecule has 2 rings (SSSR count). The summed E-state index contributed by atoms with van der Waals surface area (Å²) in [6, 6.07) is 13.1. The van der Waals surface area contributed by atoms with Gasteiger partial charge in [0, 0.05) is 10.5 Å². The Bertz CT molecular complexity index is 557. The summed E-state index contributed by atoms with van der Waals surface area (Å²) in [6.07, 6.45) is 0. The summed E-state index contributed by atoms with van der Waals surface area (Å²) in [6.45, 7) is 1.94. The molecule has 0 fully saturated rings. The molecule has 0 saturated carbocycles. The second kappa shape index (κ2) is 5.74. The quantitative estimate of drug-likeness (QED) is 0.869. The van der Waals surface area contributed by atoms with Crippen LogP contribution in [-0.2, 0) is 0 Å². The fourth-order valence-corrected chi connectivity index (χ4v) is 2.49. The van der Waals surface area contributed by atoms with Gasteiger partial charge in [-0.15, -0.1) is 0 Å². The van der Waals surface area contributed by atoms with Crippen molar-refractivity contribution in [2.45, 2.75) is 13.0 Å². The summed E-state index contributed by atoms with van der Waals surface area (Å²) >= 11 is 9.53. The standard InChI is InChI=1S/C14H13BrClNO/c1-9(17)11-7-6-10(8-12(11)15)18-14-5-3-2-4-13(14)16/h2-9H,17H2,1H3/t9-/m1/s1. The zero-order valence-electron chi connectivity index (χ0n) is 9.86. The van der Waals surface area contributed by atoms with E-state index in [1.165, 1.54) is 0 Å². The van der Waals surface area contributed by atoms with Crippen molar-refractivity contribution in [3.8, 4) is 11.5 Å². The van der Waals surface area contributed by atoms with Crippen molar-refractivity contribution in [2.75, 3.05) is 0 Å². The first-order valence-corrected chi connectivity index (χ1v) is 6.72. The first kappa shape index (κ1) is 13.4. The van der Waals surface area contributed by atoms with Crippen LogP contribution in [0, 0.1) is 0 Å². The summed E-state index contributed by atoms with van der Waals surface area (Å²) < 4.78 is 6.65. The molecule has 0 heterocycles. The number of nitrogens with two attached hydrogens (primary N) is 1. The number of ether oxygens (including phenoxy) is 1. The summed E-state index contributed by atoms with van der Waals surface area (Å²) in [5.74, 6) is 1.36. The van der Waals surface area contributed by atoms with Gasteiger partial charge in [-0.1, -0.05) is 45.7 Å². The predicted molar refractivity (Wildman–Crippen MR) is 78.3 cm³/mol. The highest BCUT2D eigenvalue weighted by atomic mass is 79.9. The fourth-order valence-electron chi connectivity index (χ4n) is 1.60. The van der Waals surface area contributed by atoms with E-state index in [1.807, 2.05) is 43.3 Å². The maximum absolute atomic E-state index is 6.04. The first-order valence-electron chi connectivity index (χ1n) is 5.55. The van der Waals surface area contributed by atoms with Crippen LogP contribution in [-0.4, -0.2) is 0 Å². The molecular formula is C14H13BrClNO. The molecule has 0 spiro atoms. The Kier molecular flexibility index (Phi) is 4.27. The second-order valence-corrected chi connectivity index (χ2v) is 5.27. The molecule has 0 aliphatic heterocycles. The van der Waals surface area contributed by atoms with Gasteiger partial charge in [-0.3, -0.25) is 0 Å². The van der Waals surface area contributed by atoms with E-state index in [-0.39, 0.29) is 6.04 Å². The van der Waals surface area contributed by atoms with E-state index in [0.717, 1.165) is 15.8 Å². The summed E-state index contributed by atoms with van der Waals surface area (Å²) in [5.41, 5.74) is 6.89. The molecule has 2 nitrogen and oxygen atoms in total. The van der Waals surface area contributed by atoms with Gasteiger partial charge in [0.2, 0.25) is 0 Å². The predicted octanol–water partition coefficient (Wildman–Crippen LogP) is 4.91. The highest BCUT2D eigenvalue weighted by molar-refractivity contribution is 9.10. The molecule has 4 heteroatoms. The van der Waals surface area contributed by atoms with Gasteiger partial charge in [0.15, 0.2) is 0 Å². The molecule has 18 heavy (non-hydrogen) atoms. The van der Waals surface area contributed by atoms with Crippen LogP contribution in [0.2, 0.25) is 5.02 Å². The molecule has 2 aromatic carbocycles. The molecule has 94 valence electrons. The van der Waals surface area contributed by atoms with E-state index >= 15 is 0 Å². The lowest BCUT2D eigenvalue weighted by Gasteiger charge is -2.11. The lowest BCUT2D eigenvalue weighted by Crippen LogP contribution is -2.05. The lowest BCUT2D eigenvalue weighted by molar-refractivity contribution is 0.482. The molecule has 2 N–H and O–H groups in total. The Balaban J connectivity index is 2.26. The van der Waals surface area contributed by atoms with E-state index < -0.39 is 0 Å². The Morgan fingerprint density at radius 2 is 1.94 bits per heavy atom. The van der Waals surface area contributed by atoms with Gasteiger partial charge in [-0.25, -0.2) is 0 Å². The maximum Gasteiger partial charge on any atom is 0.146 e.